The van der Waals surface area contributed by atoms with Gasteiger partial charge in [0.05, 0.1) is 35.8 Å². The number of benzene rings is 2. The Bertz CT molecular complexity index is 1880. The lowest BCUT2D eigenvalue weighted by molar-refractivity contribution is -0.265. The molecule has 0 saturated heterocycles. The van der Waals surface area contributed by atoms with E-state index in [1.807, 2.05) is 0 Å². The minimum atomic E-state index is -5.41. The second-order valence-electron chi connectivity index (χ2n) is 11.3. The standard InChI is InChI=1S/C30H24Cl2F4N4O5/c1-28(12-41)13-45-26-19(28)9-22(38-25(26)18-7-16(31)8-20(32)23(18)33)29(43,30(34,35)36)11-37-27(42)14-5-15-10-40(17-3-4-17)39-24(15)21(6-14)44-2/h5-10,12,17,43H,3-4,11,13H2,1-2H3,(H,37,42)/t28-,29?/m0/s1. The van der Waals surface area contributed by atoms with Crippen LogP contribution < -0.4 is 14.8 Å². The molecule has 0 spiro atoms. The molecule has 1 saturated carbocycles. The first kappa shape index (κ1) is 31.1. The molecule has 9 nitrogen and oxygen atoms in total. The quantitative estimate of drug-likeness (QED) is 0.136. The van der Waals surface area contributed by atoms with Crippen LogP contribution in [0, 0.1) is 5.82 Å². The van der Waals surface area contributed by atoms with E-state index in [2.05, 4.69) is 15.4 Å². The molecule has 45 heavy (non-hydrogen) atoms. The number of aliphatic hydroxyl groups is 1. The fraction of sp³-hybridized carbons (Fsp3) is 0.333. The maximum atomic E-state index is 15.2. The Morgan fingerprint density at radius 2 is 1.98 bits per heavy atom. The van der Waals surface area contributed by atoms with Gasteiger partial charge in [0.1, 0.15) is 35.6 Å². The monoisotopic (exact) mass is 666 g/mol. The van der Waals surface area contributed by atoms with Crippen molar-refractivity contribution in [3.63, 3.8) is 0 Å². The Labute approximate surface area is 263 Å². The molecule has 0 bridgehead atoms. The summed E-state index contributed by atoms with van der Waals surface area (Å²) in [6, 6.07) is 6.06. The lowest BCUT2D eigenvalue weighted by Crippen LogP contribution is -2.51. The SMILES string of the molecule is COc1cc(C(=O)NCC(O)(c2cc3c(c(-c4cc(Cl)cc(Cl)c4F)n2)OC[C@]3(C)C=O)C(F)(F)F)cc2cn(C3CC3)nc12. The fourth-order valence-corrected chi connectivity index (χ4v) is 5.70. The highest BCUT2D eigenvalue weighted by atomic mass is 35.5. The van der Waals surface area contributed by atoms with Crippen molar-refractivity contribution >= 4 is 46.3 Å². The van der Waals surface area contributed by atoms with Crippen molar-refractivity contribution in [1.82, 2.24) is 20.1 Å². The summed E-state index contributed by atoms with van der Waals surface area (Å²) in [5.41, 5.74) is -6.80. The summed E-state index contributed by atoms with van der Waals surface area (Å²) in [6.07, 6.45) is -1.31. The number of alkyl halides is 3. The highest BCUT2D eigenvalue weighted by molar-refractivity contribution is 6.35. The van der Waals surface area contributed by atoms with Crippen molar-refractivity contribution in [2.45, 2.75) is 43.0 Å². The molecular weight excluding hydrogens is 643 g/mol. The van der Waals surface area contributed by atoms with Crippen molar-refractivity contribution in [3.05, 3.63) is 69.2 Å². The molecule has 1 aliphatic heterocycles. The maximum absolute atomic E-state index is 15.2. The number of nitrogens with one attached hydrogen (secondary N) is 1. The zero-order valence-electron chi connectivity index (χ0n) is 23.6. The van der Waals surface area contributed by atoms with E-state index in [0.29, 0.717) is 17.2 Å². The summed E-state index contributed by atoms with van der Waals surface area (Å²) in [4.78, 5) is 29.3. The molecule has 2 aromatic carbocycles. The van der Waals surface area contributed by atoms with E-state index in [0.717, 1.165) is 31.0 Å². The van der Waals surface area contributed by atoms with E-state index >= 15 is 4.39 Å². The molecule has 236 valence electrons. The van der Waals surface area contributed by atoms with Gasteiger partial charge >= 0.3 is 6.18 Å². The first-order chi connectivity index (χ1) is 21.2. The number of amides is 1. The second kappa shape index (κ2) is 10.8. The Morgan fingerprint density at radius 3 is 2.62 bits per heavy atom. The van der Waals surface area contributed by atoms with Gasteiger partial charge in [-0.1, -0.05) is 23.2 Å². The number of ether oxygens (including phenoxy) is 2. The number of rotatable bonds is 8. The van der Waals surface area contributed by atoms with Crippen LogP contribution in [0.25, 0.3) is 22.2 Å². The number of fused-ring (bicyclic) bond motifs is 2. The molecule has 4 aromatic rings. The van der Waals surface area contributed by atoms with Crippen LogP contribution in [0.15, 0.2) is 36.5 Å². The van der Waals surface area contributed by atoms with E-state index in [1.54, 1.807) is 10.9 Å². The second-order valence-corrected chi connectivity index (χ2v) is 12.1. The largest absolute Gasteiger partial charge is 0.494 e. The lowest BCUT2D eigenvalue weighted by atomic mass is 9.83. The molecule has 3 heterocycles. The first-order valence-corrected chi connectivity index (χ1v) is 14.4. The number of carbonyl (C=O) groups excluding carboxylic acids is 2. The lowest BCUT2D eigenvalue weighted by Gasteiger charge is -2.31. The van der Waals surface area contributed by atoms with Crippen molar-refractivity contribution in [2.24, 2.45) is 0 Å². The minimum absolute atomic E-state index is 0.0422. The molecule has 2 atom stereocenters. The minimum Gasteiger partial charge on any atom is -0.494 e. The third kappa shape index (κ3) is 5.26. The Morgan fingerprint density at radius 1 is 1.24 bits per heavy atom. The Kier molecular flexibility index (Phi) is 7.49. The average molecular weight is 667 g/mol. The van der Waals surface area contributed by atoms with E-state index in [-0.39, 0.29) is 40.3 Å². The molecule has 2 aromatic heterocycles. The van der Waals surface area contributed by atoms with Crippen molar-refractivity contribution in [2.75, 3.05) is 20.3 Å². The molecule has 1 unspecified atom stereocenters. The van der Waals surface area contributed by atoms with Gasteiger partial charge in [-0.05, 0) is 50.1 Å². The van der Waals surface area contributed by atoms with Gasteiger partial charge in [0, 0.05) is 33.3 Å². The Balaban J connectivity index is 1.42. The van der Waals surface area contributed by atoms with Crippen LogP contribution in [-0.4, -0.2) is 58.5 Å². The molecule has 2 aliphatic rings. The van der Waals surface area contributed by atoms with Gasteiger partial charge in [0.25, 0.3) is 5.91 Å². The molecule has 15 heteroatoms. The molecule has 1 amide bonds. The van der Waals surface area contributed by atoms with E-state index in [1.165, 1.54) is 26.2 Å². The summed E-state index contributed by atoms with van der Waals surface area (Å²) in [6.45, 7) is -0.271. The number of aromatic nitrogens is 3. The summed E-state index contributed by atoms with van der Waals surface area (Å²) < 4.78 is 72.2. The molecular formula is C30H24Cl2F4N4O5. The van der Waals surface area contributed by atoms with Gasteiger partial charge in [-0.3, -0.25) is 9.48 Å². The zero-order chi connectivity index (χ0) is 32.5. The van der Waals surface area contributed by atoms with Gasteiger partial charge in [-0.15, -0.1) is 0 Å². The normalized spacial score (nSPS) is 19.1. The highest BCUT2D eigenvalue weighted by Gasteiger charge is 2.57. The Hall–Kier alpha value is -3.94. The van der Waals surface area contributed by atoms with E-state index < -0.39 is 57.4 Å². The third-order valence-electron chi connectivity index (χ3n) is 8.00. The van der Waals surface area contributed by atoms with Crippen molar-refractivity contribution < 1.29 is 41.7 Å². The summed E-state index contributed by atoms with van der Waals surface area (Å²) in [5, 5.41) is 17.9. The number of halogens is 6. The number of hydrogen-bond acceptors (Lipinski definition) is 7. The van der Waals surface area contributed by atoms with Gasteiger partial charge in [0.15, 0.2) is 5.82 Å². The zero-order valence-corrected chi connectivity index (χ0v) is 25.1. The maximum Gasteiger partial charge on any atom is 0.424 e. The molecule has 1 aliphatic carbocycles. The molecule has 2 N–H and O–H groups in total. The van der Waals surface area contributed by atoms with Crippen molar-refractivity contribution in [3.8, 4) is 22.8 Å². The van der Waals surface area contributed by atoms with Gasteiger partial charge < -0.3 is 24.7 Å². The van der Waals surface area contributed by atoms with E-state index in [4.69, 9.17) is 32.7 Å². The van der Waals surface area contributed by atoms with Crippen LogP contribution in [0.5, 0.6) is 11.5 Å². The van der Waals surface area contributed by atoms with Crippen LogP contribution >= 0.6 is 23.2 Å². The number of nitrogens with zero attached hydrogens (tertiary/aromatic N) is 3. The smallest absolute Gasteiger partial charge is 0.424 e. The third-order valence-corrected chi connectivity index (χ3v) is 8.50. The predicted molar refractivity (Wildman–Crippen MR) is 155 cm³/mol. The first-order valence-electron chi connectivity index (χ1n) is 13.6. The van der Waals surface area contributed by atoms with Gasteiger partial charge in [-0.2, -0.15) is 18.3 Å². The number of aldehydes is 1. The number of carbonyl (C=O) groups is 2. The van der Waals surface area contributed by atoms with Crippen LogP contribution in [0.1, 0.15) is 47.4 Å². The van der Waals surface area contributed by atoms with Crippen molar-refractivity contribution in [1.29, 1.82) is 0 Å². The molecule has 1 fully saturated rings. The topological polar surface area (TPSA) is 116 Å². The summed E-state index contributed by atoms with van der Waals surface area (Å²) >= 11 is 12.0. The van der Waals surface area contributed by atoms with E-state index in [9.17, 15) is 27.9 Å². The number of pyridine rings is 1. The summed E-state index contributed by atoms with van der Waals surface area (Å²) in [5.74, 6) is -1.95. The fourth-order valence-electron chi connectivity index (χ4n) is 5.20. The predicted octanol–water partition coefficient (Wildman–Crippen LogP) is 5.92. The molecule has 0 radical (unpaired) electrons. The van der Waals surface area contributed by atoms with Gasteiger partial charge in [0.2, 0.25) is 5.60 Å². The van der Waals surface area contributed by atoms with Crippen LogP contribution in [0.2, 0.25) is 10.0 Å². The molecule has 6 rings (SSSR count). The number of hydrogen-bond donors (Lipinski definition) is 2. The summed E-state index contributed by atoms with van der Waals surface area (Å²) in [7, 11) is 1.37. The van der Waals surface area contributed by atoms with Crippen LogP contribution in [0.3, 0.4) is 0 Å². The van der Waals surface area contributed by atoms with Crippen LogP contribution in [0.4, 0.5) is 17.6 Å². The number of methoxy groups -OCH3 is 1. The average Bonchev–Trinajstić information content (AvgIpc) is 3.67. The van der Waals surface area contributed by atoms with Crippen LogP contribution in [-0.2, 0) is 15.8 Å². The highest BCUT2D eigenvalue weighted by Crippen LogP contribution is 2.48. The van der Waals surface area contributed by atoms with Gasteiger partial charge in [-0.25, -0.2) is 9.37 Å².